The van der Waals surface area contributed by atoms with Crippen LogP contribution in [0.2, 0.25) is 0 Å². The fourth-order valence-corrected chi connectivity index (χ4v) is 2.55. The molecule has 0 radical (unpaired) electrons. The molecule has 5 nitrogen and oxygen atoms in total. The number of para-hydroxylation sites is 1. The van der Waals surface area contributed by atoms with Crippen LogP contribution in [-0.4, -0.2) is 44.0 Å². The molecule has 0 aromatic heterocycles. The van der Waals surface area contributed by atoms with Crippen LogP contribution in [0.25, 0.3) is 0 Å². The topological polar surface area (TPSA) is 58.6 Å². The Bertz CT molecular complexity index is 516. The maximum atomic E-state index is 12.5. The molecule has 1 heterocycles. The van der Waals surface area contributed by atoms with Gasteiger partial charge in [0, 0.05) is 25.8 Å². The fourth-order valence-electron chi connectivity index (χ4n) is 2.55. The molecular formula is C15H20N2O3. The van der Waals surface area contributed by atoms with Crippen LogP contribution >= 0.6 is 0 Å². The van der Waals surface area contributed by atoms with E-state index in [2.05, 4.69) is 10.1 Å². The van der Waals surface area contributed by atoms with Crippen molar-refractivity contribution in [1.29, 1.82) is 0 Å². The third-order valence-electron chi connectivity index (χ3n) is 3.66. The third-order valence-corrected chi connectivity index (χ3v) is 3.66. The first-order valence-electron chi connectivity index (χ1n) is 6.70. The van der Waals surface area contributed by atoms with E-state index in [4.69, 9.17) is 0 Å². The summed E-state index contributed by atoms with van der Waals surface area (Å²) in [6.45, 7) is 2.73. The number of nitrogens with one attached hydrogen (secondary N) is 1. The number of methoxy groups -OCH3 is 1. The number of nitrogens with zero attached hydrogens (tertiary/aromatic N) is 1. The van der Waals surface area contributed by atoms with Crippen LogP contribution in [0.1, 0.15) is 18.4 Å². The SMILES string of the molecule is COC(=O)C(C)CN(C)C(=O)C1CNc2ccccc21. The first kappa shape index (κ1) is 14.4. The molecule has 108 valence electrons. The van der Waals surface area contributed by atoms with E-state index < -0.39 is 0 Å². The Balaban J connectivity index is 2.04. The predicted octanol–water partition coefficient (Wildman–Crippen LogP) is 1.46. The normalized spacial score (nSPS) is 17.9. The lowest BCUT2D eigenvalue weighted by atomic mass is 9.99. The van der Waals surface area contributed by atoms with E-state index in [1.165, 1.54) is 7.11 Å². The summed E-state index contributed by atoms with van der Waals surface area (Å²) in [6.07, 6.45) is 0. The van der Waals surface area contributed by atoms with Crippen molar-refractivity contribution in [1.82, 2.24) is 4.90 Å². The van der Waals surface area contributed by atoms with Crippen LogP contribution in [0.4, 0.5) is 5.69 Å². The van der Waals surface area contributed by atoms with Crippen molar-refractivity contribution in [3.63, 3.8) is 0 Å². The van der Waals surface area contributed by atoms with Crippen LogP contribution in [0.5, 0.6) is 0 Å². The molecule has 1 N–H and O–H groups in total. The predicted molar refractivity (Wildman–Crippen MR) is 76.5 cm³/mol. The van der Waals surface area contributed by atoms with E-state index in [1.54, 1.807) is 18.9 Å². The Morgan fingerprint density at radius 3 is 2.85 bits per heavy atom. The molecule has 2 unspecified atom stereocenters. The molecule has 0 saturated heterocycles. The van der Waals surface area contributed by atoms with Gasteiger partial charge in [-0.3, -0.25) is 9.59 Å². The van der Waals surface area contributed by atoms with Crippen molar-refractivity contribution >= 4 is 17.6 Å². The van der Waals surface area contributed by atoms with E-state index in [-0.39, 0.29) is 23.7 Å². The largest absolute Gasteiger partial charge is 0.469 e. The average molecular weight is 276 g/mol. The molecule has 0 bridgehead atoms. The second-order valence-corrected chi connectivity index (χ2v) is 5.16. The standard InChI is InChI=1S/C15H20N2O3/c1-10(15(19)20-3)9-17(2)14(18)12-8-16-13-7-5-4-6-11(12)13/h4-7,10,12,16H,8-9H2,1-3H3. The Labute approximate surface area is 118 Å². The Hall–Kier alpha value is -2.04. The zero-order valence-electron chi connectivity index (χ0n) is 12.1. The van der Waals surface area contributed by atoms with Gasteiger partial charge in [-0.05, 0) is 11.6 Å². The summed E-state index contributed by atoms with van der Waals surface area (Å²) in [7, 11) is 3.08. The van der Waals surface area contributed by atoms with Crippen LogP contribution in [0.15, 0.2) is 24.3 Å². The molecule has 5 heteroatoms. The first-order valence-corrected chi connectivity index (χ1v) is 6.70. The molecule has 1 aliphatic rings. The van der Waals surface area contributed by atoms with E-state index in [9.17, 15) is 9.59 Å². The summed E-state index contributed by atoms with van der Waals surface area (Å²) in [4.78, 5) is 25.5. The molecule has 1 amide bonds. The van der Waals surface area contributed by atoms with Crippen molar-refractivity contribution in [3.05, 3.63) is 29.8 Å². The molecule has 0 spiro atoms. The molecule has 1 aliphatic heterocycles. The maximum Gasteiger partial charge on any atom is 0.310 e. The van der Waals surface area contributed by atoms with Gasteiger partial charge < -0.3 is 15.0 Å². The lowest BCUT2D eigenvalue weighted by Gasteiger charge is -2.23. The van der Waals surface area contributed by atoms with Gasteiger partial charge in [0.1, 0.15) is 0 Å². The zero-order valence-corrected chi connectivity index (χ0v) is 12.1. The van der Waals surface area contributed by atoms with E-state index in [1.807, 2.05) is 24.3 Å². The number of hydrogen-bond donors (Lipinski definition) is 1. The molecule has 2 rings (SSSR count). The van der Waals surface area contributed by atoms with Gasteiger partial charge in [0.05, 0.1) is 18.9 Å². The number of ether oxygens (including phenoxy) is 1. The highest BCUT2D eigenvalue weighted by molar-refractivity contribution is 5.88. The molecule has 1 aromatic rings. The number of likely N-dealkylation sites (N-methyl/N-ethyl adjacent to an activating group) is 1. The second-order valence-electron chi connectivity index (χ2n) is 5.16. The van der Waals surface area contributed by atoms with Crippen LogP contribution in [-0.2, 0) is 14.3 Å². The molecule has 20 heavy (non-hydrogen) atoms. The Morgan fingerprint density at radius 1 is 1.45 bits per heavy atom. The summed E-state index contributed by atoms with van der Waals surface area (Å²) in [5.74, 6) is -0.771. The minimum Gasteiger partial charge on any atom is -0.469 e. The quantitative estimate of drug-likeness (QED) is 0.846. The van der Waals surface area contributed by atoms with E-state index >= 15 is 0 Å². The number of carbonyl (C=O) groups excluding carboxylic acids is 2. The number of fused-ring (bicyclic) bond motifs is 1. The first-order chi connectivity index (χ1) is 9.54. The van der Waals surface area contributed by atoms with E-state index in [0.29, 0.717) is 13.1 Å². The van der Waals surface area contributed by atoms with Gasteiger partial charge >= 0.3 is 5.97 Å². The lowest BCUT2D eigenvalue weighted by Crippen LogP contribution is -2.37. The molecule has 1 aromatic carbocycles. The van der Waals surface area contributed by atoms with E-state index in [0.717, 1.165) is 11.3 Å². The maximum absolute atomic E-state index is 12.5. The van der Waals surface area contributed by atoms with Crippen molar-refractivity contribution < 1.29 is 14.3 Å². The highest BCUT2D eigenvalue weighted by atomic mass is 16.5. The van der Waals surface area contributed by atoms with Gasteiger partial charge in [-0.2, -0.15) is 0 Å². The minimum absolute atomic E-state index is 0.0261. The third kappa shape index (κ3) is 2.76. The number of carbonyl (C=O) groups is 2. The van der Waals surface area contributed by atoms with Crippen LogP contribution in [0.3, 0.4) is 0 Å². The monoisotopic (exact) mass is 276 g/mol. The second kappa shape index (κ2) is 5.94. The fraction of sp³-hybridized carbons (Fsp3) is 0.467. The number of anilines is 1. The minimum atomic E-state index is -0.321. The Morgan fingerprint density at radius 2 is 2.15 bits per heavy atom. The van der Waals surface area contributed by atoms with Crippen LogP contribution < -0.4 is 5.32 Å². The zero-order chi connectivity index (χ0) is 14.7. The van der Waals surface area contributed by atoms with Crippen molar-refractivity contribution in [2.24, 2.45) is 5.92 Å². The van der Waals surface area contributed by atoms with Gasteiger partial charge in [0.2, 0.25) is 5.91 Å². The molecule has 2 atom stereocenters. The highest BCUT2D eigenvalue weighted by Gasteiger charge is 2.31. The average Bonchev–Trinajstić information content (AvgIpc) is 2.89. The summed E-state index contributed by atoms with van der Waals surface area (Å²) in [5.41, 5.74) is 2.04. The highest BCUT2D eigenvalue weighted by Crippen LogP contribution is 2.32. The number of rotatable bonds is 4. The number of benzene rings is 1. The van der Waals surface area contributed by atoms with Gasteiger partial charge in [0.25, 0.3) is 0 Å². The number of esters is 1. The van der Waals surface area contributed by atoms with Gasteiger partial charge in [-0.25, -0.2) is 0 Å². The van der Waals surface area contributed by atoms with Gasteiger partial charge in [0.15, 0.2) is 0 Å². The van der Waals surface area contributed by atoms with Crippen molar-refractivity contribution in [3.8, 4) is 0 Å². The molecule has 0 aliphatic carbocycles. The molecular weight excluding hydrogens is 256 g/mol. The van der Waals surface area contributed by atoms with Crippen molar-refractivity contribution in [2.45, 2.75) is 12.8 Å². The number of hydrogen-bond acceptors (Lipinski definition) is 4. The summed E-state index contributed by atoms with van der Waals surface area (Å²) >= 11 is 0. The van der Waals surface area contributed by atoms with Gasteiger partial charge in [-0.1, -0.05) is 25.1 Å². The van der Waals surface area contributed by atoms with Gasteiger partial charge in [-0.15, -0.1) is 0 Å². The molecule has 0 saturated carbocycles. The molecule has 0 fully saturated rings. The number of amides is 1. The van der Waals surface area contributed by atoms with Crippen molar-refractivity contribution in [2.75, 3.05) is 32.6 Å². The summed E-state index contributed by atoms with van der Waals surface area (Å²) < 4.78 is 4.69. The smallest absolute Gasteiger partial charge is 0.310 e. The Kier molecular flexibility index (Phi) is 4.27. The summed E-state index contributed by atoms with van der Waals surface area (Å²) in [5, 5.41) is 3.23. The lowest BCUT2D eigenvalue weighted by molar-refractivity contribution is -0.146. The van der Waals surface area contributed by atoms with Crippen LogP contribution in [0, 0.1) is 5.92 Å². The summed E-state index contributed by atoms with van der Waals surface area (Å²) in [6, 6.07) is 7.82.